The Bertz CT molecular complexity index is 459. The Hall–Kier alpha value is -1.53. The monoisotopic (exact) mass is 257 g/mol. The van der Waals surface area contributed by atoms with Gasteiger partial charge in [0.15, 0.2) is 11.6 Å². The molecule has 1 aromatic rings. The number of carbonyl (C=O) groups is 1. The summed E-state index contributed by atoms with van der Waals surface area (Å²) in [5, 5.41) is 12.3. The van der Waals surface area contributed by atoms with Crippen molar-refractivity contribution in [2.45, 2.75) is 12.0 Å². The number of halogens is 2. The number of ether oxygens (including phenoxy) is 1. The third-order valence-electron chi connectivity index (χ3n) is 2.86. The molecule has 1 heterocycles. The standard InChI is InChI=1S/C12H13F2NO3/c13-9-3-1-2-8(10(9)14)11(16)15-6-12(17)4-5-18-7-12/h1-3,17H,4-7H2,(H,15,16). The molecule has 1 amide bonds. The van der Waals surface area contributed by atoms with Crippen molar-refractivity contribution in [2.75, 3.05) is 19.8 Å². The number of benzene rings is 1. The van der Waals surface area contributed by atoms with Gasteiger partial charge in [0.2, 0.25) is 0 Å². The minimum atomic E-state index is -1.19. The second-order valence-electron chi connectivity index (χ2n) is 4.31. The van der Waals surface area contributed by atoms with Crippen molar-refractivity contribution in [3.8, 4) is 0 Å². The van der Waals surface area contributed by atoms with Crippen LogP contribution in [0, 0.1) is 11.6 Å². The molecule has 2 N–H and O–H groups in total. The predicted octanol–water partition coefficient (Wildman–Crippen LogP) is 0.846. The van der Waals surface area contributed by atoms with E-state index in [1.54, 1.807) is 0 Å². The molecule has 4 nitrogen and oxygen atoms in total. The second kappa shape index (κ2) is 4.99. The van der Waals surface area contributed by atoms with Crippen molar-refractivity contribution in [1.82, 2.24) is 5.32 Å². The van der Waals surface area contributed by atoms with Gasteiger partial charge in [0.05, 0.1) is 12.2 Å². The highest BCUT2D eigenvalue weighted by Crippen LogP contribution is 2.17. The predicted molar refractivity (Wildman–Crippen MR) is 59.1 cm³/mol. The summed E-state index contributed by atoms with van der Waals surface area (Å²) in [5.74, 6) is -3.03. The Morgan fingerprint density at radius 3 is 2.94 bits per heavy atom. The summed E-state index contributed by atoms with van der Waals surface area (Å²) in [6.07, 6.45) is 0.402. The van der Waals surface area contributed by atoms with Gasteiger partial charge in [-0.15, -0.1) is 0 Å². The van der Waals surface area contributed by atoms with Crippen LogP contribution >= 0.6 is 0 Å². The maximum atomic E-state index is 13.3. The maximum absolute atomic E-state index is 13.3. The van der Waals surface area contributed by atoms with Gasteiger partial charge >= 0.3 is 0 Å². The van der Waals surface area contributed by atoms with E-state index < -0.39 is 23.1 Å². The van der Waals surface area contributed by atoms with Gasteiger partial charge in [-0.05, 0) is 12.1 Å². The molecule has 6 heteroatoms. The molecule has 2 rings (SSSR count). The molecule has 1 aliphatic heterocycles. The molecule has 0 spiro atoms. The minimum Gasteiger partial charge on any atom is -0.386 e. The summed E-state index contributed by atoms with van der Waals surface area (Å²) >= 11 is 0. The lowest BCUT2D eigenvalue weighted by Gasteiger charge is -2.20. The number of aliphatic hydroxyl groups is 1. The van der Waals surface area contributed by atoms with Crippen LogP contribution in [0.2, 0.25) is 0 Å². The molecule has 0 aliphatic carbocycles. The molecule has 1 unspecified atom stereocenters. The summed E-state index contributed by atoms with van der Waals surface area (Å²) in [5.41, 5.74) is -1.50. The Morgan fingerprint density at radius 1 is 1.50 bits per heavy atom. The zero-order valence-electron chi connectivity index (χ0n) is 9.58. The van der Waals surface area contributed by atoms with Gasteiger partial charge < -0.3 is 15.2 Å². The van der Waals surface area contributed by atoms with Crippen LogP contribution in [-0.2, 0) is 4.74 Å². The third-order valence-corrected chi connectivity index (χ3v) is 2.86. The number of hydrogen-bond donors (Lipinski definition) is 2. The van der Waals surface area contributed by atoms with E-state index in [9.17, 15) is 18.7 Å². The van der Waals surface area contributed by atoms with E-state index in [1.807, 2.05) is 0 Å². The van der Waals surface area contributed by atoms with Crippen LogP contribution in [0.15, 0.2) is 18.2 Å². The van der Waals surface area contributed by atoms with E-state index >= 15 is 0 Å². The van der Waals surface area contributed by atoms with E-state index in [-0.39, 0.29) is 18.7 Å². The Balaban J connectivity index is 2.01. The first-order valence-corrected chi connectivity index (χ1v) is 5.54. The number of amides is 1. The van der Waals surface area contributed by atoms with E-state index in [0.717, 1.165) is 6.07 Å². The highest BCUT2D eigenvalue weighted by atomic mass is 19.2. The molecular formula is C12H13F2NO3. The van der Waals surface area contributed by atoms with Crippen LogP contribution in [0.4, 0.5) is 8.78 Å². The SMILES string of the molecule is O=C(NCC1(O)CCOC1)c1cccc(F)c1F. The second-order valence-corrected chi connectivity index (χ2v) is 4.31. The highest BCUT2D eigenvalue weighted by molar-refractivity contribution is 5.94. The first-order chi connectivity index (χ1) is 8.52. The molecule has 1 fully saturated rings. The summed E-state index contributed by atoms with van der Waals surface area (Å²) in [7, 11) is 0. The maximum Gasteiger partial charge on any atom is 0.254 e. The molecule has 98 valence electrons. The van der Waals surface area contributed by atoms with Crippen LogP contribution in [0.25, 0.3) is 0 Å². The topological polar surface area (TPSA) is 58.6 Å². The smallest absolute Gasteiger partial charge is 0.254 e. The zero-order chi connectivity index (χ0) is 13.2. The van der Waals surface area contributed by atoms with Gasteiger partial charge in [-0.25, -0.2) is 8.78 Å². The van der Waals surface area contributed by atoms with Crippen LogP contribution in [-0.4, -0.2) is 36.4 Å². The molecule has 0 radical (unpaired) electrons. The molecular weight excluding hydrogens is 244 g/mol. The van der Waals surface area contributed by atoms with Gasteiger partial charge in [0, 0.05) is 19.6 Å². The average molecular weight is 257 g/mol. The summed E-state index contributed by atoms with van der Waals surface area (Å²) < 4.78 is 31.3. The van der Waals surface area contributed by atoms with Gasteiger partial charge in [-0.3, -0.25) is 4.79 Å². The number of carbonyl (C=O) groups excluding carboxylic acids is 1. The lowest BCUT2D eigenvalue weighted by molar-refractivity contribution is 0.0264. The molecule has 1 aliphatic rings. The Labute approximate surface area is 103 Å². The van der Waals surface area contributed by atoms with Crippen molar-refractivity contribution in [2.24, 2.45) is 0 Å². The third kappa shape index (κ3) is 2.65. The molecule has 0 saturated carbocycles. The molecule has 1 atom stereocenters. The van der Waals surface area contributed by atoms with Crippen LogP contribution in [0.1, 0.15) is 16.8 Å². The molecule has 1 aromatic carbocycles. The molecule has 1 saturated heterocycles. The molecule has 0 bridgehead atoms. The van der Waals surface area contributed by atoms with Gasteiger partial charge in [0.1, 0.15) is 5.60 Å². The average Bonchev–Trinajstić information content (AvgIpc) is 2.77. The fourth-order valence-electron chi connectivity index (χ4n) is 1.76. The first-order valence-electron chi connectivity index (χ1n) is 5.54. The summed E-state index contributed by atoms with van der Waals surface area (Å²) in [4.78, 5) is 11.6. The van der Waals surface area contributed by atoms with Gasteiger partial charge in [-0.2, -0.15) is 0 Å². The van der Waals surface area contributed by atoms with Crippen molar-refractivity contribution < 1.29 is 23.4 Å². The van der Waals surface area contributed by atoms with E-state index in [4.69, 9.17) is 4.74 Å². The lowest BCUT2D eigenvalue weighted by atomic mass is 10.0. The van der Waals surface area contributed by atoms with Crippen molar-refractivity contribution in [3.05, 3.63) is 35.4 Å². The fourth-order valence-corrected chi connectivity index (χ4v) is 1.76. The zero-order valence-corrected chi connectivity index (χ0v) is 9.58. The van der Waals surface area contributed by atoms with Crippen LogP contribution in [0.5, 0.6) is 0 Å². The van der Waals surface area contributed by atoms with Gasteiger partial charge in [0.25, 0.3) is 5.91 Å². The first kappa shape index (κ1) is 12.9. The van der Waals surface area contributed by atoms with Crippen molar-refractivity contribution in [1.29, 1.82) is 0 Å². The highest BCUT2D eigenvalue weighted by Gasteiger charge is 2.32. The van der Waals surface area contributed by atoms with Gasteiger partial charge in [-0.1, -0.05) is 6.07 Å². The Kier molecular flexibility index (Phi) is 3.58. The lowest BCUT2D eigenvalue weighted by Crippen LogP contribution is -2.43. The van der Waals surface area contributed by atoms with Crippen molar-refractivity contribution >= 4 is 5.91 Å². The number of hydrogen-bond acceptors (Lipinski definition) is 3. The number of nitrogens with one attached hydrogen (secondary N) is 1. The normalized spacial score (nSPS) is 23.1. The minimum absolute atomic E-state index is 0.0538. The van der Waals surface area contributed by atoms with Crippen molar-refractivity contribution in [3.63, 3.8) is 0 Å². The van der Waals surface area contributed by atoms with E-state index in [1.165, 1.54) is 12.1 Å². The van der Waals surface area contributed by atoms with E-state index in [0.29, 0.717) is 13.0 Å². The molecule has 0 aromatic heterocycles. The Morgan fingerprint density at radius 2 is 2.28 bits per heavy atom. The summed E-state index contributed by atoms with van der Waals surface area (Å²) in [6, 6.07) is 3.37. The fraction of sp³-hybridized carbons (Fsp3) is 0.417. The summed E-state index contributed by atoms with van der Waals surface area (Å²) in [6.45, 7) is 0.487. The quantitative estimate of drug-likeness (QED) is 0.843. The number of rotatable bonds is 3. The van der Waals surface area contributed by atoms with Crippen LogP contribution in [0.3, 0.4) is 0 Å². The van der Waals surface area contributed by atoms with Crippen LogP contribution < -0.4 is 5.32 Å². The van der Waals surface area contributed by atoms with E-state index in [2.05, 4.69) is 5.32 Å². The largest absolute Gasteiger partial charge is 0.386 e. The molecule has 18 heavy (non-hydrogen) atoms.